The lowest BCUT2D eigenvalue weighted by atomic mass is 9.99. The van der Waals surface area contributed by atoms with Crippen molar-refractivity contribution in [3.05, 3.63) is 136 Å². The zero-order valence-electron chi connectivity index (χ0n) is 26.7. The van der Waals surface area contributed by atoms with Gasteiger partial charge in [-0.2, -0.15) is 0 Å². The number of nitrogens with zero attached hydrogens (tertiary/aromatic N) is 5. The van der Waals surface area contributed by atoms with E-state index in [1.165, 1.54) is 6.20 Å². The Morgan fingerprint density at radius 3 is 2.27 bits per heavy atom. The molecule has 2 fully saturated rings. The highest BCUT2D eigenvalue weighted by molar-refractivity contribution is 6.03. The Bertz CT molecular complexity index is 1910. The van der Waals surface area contributed by atoms with Crippen molar-refractivity contribution in [2.45, 2.75) is 31.5 Å². The number of ether oxygens (including phenoxy) is 2. The summed E-state index contributed by atoms with van der Waals surface area (Å²) in [4.78, 5) is 37.0. The standard InChI is InChI=1S/C37H36N6O6/c44-24-25-5-7-26(8-6-25)35-21-31(23-41-17-19-42(20-18-41)29-13-15-30(16-14-29)43(46)47)48-37(49-35)27-9-11-28(12-10-27)39-36(45)34-22-38-32-3-1-2-4-33(32)40-34/h1-16,22,31,35,37,44H,17-21,23-24H2,(H,39,45). The lowest BCUT2D eigenvalue weighted by Gasteiger charge is -2.41. The number of aliphatic hydroxyl groups excluding tert-OH is 1. The number of carbonyl (C=O) groups excluding carboxylic acids is 1. The van der Waals surface area contributed by atoms with Crippen LogP contribution in [0.3, 0.4) is 0 Å². The van der Waals surface area contributed by atoms with Crippen molar-refractivity contribution < 1.29 is 24.3 Å². The number of carbonyl (C=O) groups is 1. The smallest absolute Gasteiger partial charge is 0.275 e. The molecule has 3 heterocycles. The van der Waals surface area contributed by atoms with E-state index in [0.717, 1.165) is 60.6 Å². The largest absolute Gasteiger partial charge is 0.392 e. The molecule has 0 aliphatic carbocycles. The summed E-state index contributed by atoms with van der Waals surface area (Å²) in [5.41, 5.74) is 5.95. The molecule has 4 aromatic carbocycles. The summed E-state index contributed by atoms with van der Waals surface area (Å²) in [6.07, 6.45) is 1.18. The van der Waals surface area contributed by atoms with Gasteiger partial charge in [0.15, 0.2) is 6.29 Å². The van der Waals surface area contributed by atoms with Crippen LogP contribution in [-0.4, -0.2) is 69.6 Å². The van der Waals surface area contributed by atoms with Crippen LogP contribution >= 0.6 is 0 Å². The number of nitrogens with one attached hydrogen (secondary N) is 1. The maximum Gasteiger partial charge on any atom is 0.275 e. The van der Waals surface area contributed by atoms with Gasteiger partial charge in [0.05, 0.1) is 41.0 Å². The molecule has 0 saturated carbocycles. The third-order valence-corrected chi connectivity index (χ3v) is 9.00. The Kier molecular flexibility index (Phi) is 9.53. The van der Waals surface area contributed by atoms with Gasteiger partial charge in [-0.1, -0.05) is 48.5 Å². The van der Waals surface area contributed by atoms with E-state index in [4.69, 9.17) is 9.47 Å². The summed E-state index contributed by atoms with van der Waals surface area (Å²) in [5.74, 6) is -0.351. The fourth-order valence-corrected chi connectivity index (χ4v) is 6.28. The SMILES string of the molecule is O=C(Nc1ccc(C2OC(CN3CCN(c4ccc([N+](=O)[O-])cc4)CC3)CC(c3ccc(CO)cc3)O2)cc1)c1cnc2ccccc2n1. The number of nitro groups is 1. The average molecular weight is 661 g/mol. The number of benzene rings is 4. The molecule has 5 aromatic rings. The second-order valence-corrected chi connectivity index (χ2v) is 12.2. The van der Waals surface area contributed by atoms with Gasteiger partial charge in [-0.3, -0.25) is 24.8 Å². The summed E-state index contributed by atoms with van der Waals surface area (Å²) in [5, 5.41) is 23.5. The molecular weight excluding hydrogens is 624 g/mol. The van der Waals surface area contributed by atoms with Gasteiger partial charge in [0.25, 0.3) is 11.6 Å². The molecule has 7 rings (SSSR count). The minimum absolute atomic E-state index is 0.0255. The number of anilines is 2. The van der Waals surface area contributed by atoms with Crippen molar-refractivity contribution in [2.75, 3.05) is 42.9 Å². The Labute approximate surface area is 283 Å². The van der Waals surface area contributed by atoms with Crippen LogP contribution in [0.1, 0.15) is 46.0 Å². The molecule has 1 amide bonds. The van der Waals surface area contributed by atoms with Gasteiger partial charge in [0.2, 0.25) is 0 Å². The molecule has 49 heavy (non-hydrogen) atoms. The zero-order valence-corrected chi connectivity index (χ0v) is 26.7. The van der Waals surface area contributed by atoms with Gasteiger partial charge in [0.1, 0.15) is 5.69 Å². The molecule has 2 saturated heterocycles. The molecule has 3 atom stereocenters. The van der Waals surface area contributed by atoms with Crippen molar-refractivity contribution in [3.8, 4) is 0 Å². The van der Waals surface area contributed by atoms with E-state index in [-0.39, 0.29) is 41.0 Å². The molecule has 0 spiro atoms. The normalized spacial score (nSPS) is 19.9. The maximum atomic E-state index is 13.0. The van der Waals surface area contributed by atoms with E-state index in [2.05, 4.69) is 25.1 Å². The van der Waals surface area contributed by atoms with Gasteiger partial charge in [-0.15, -0.1) is 0 Å². The van der Waals surface area contributed by atoms with Crippen LogP contribution < -0.4 is 10.2 Å². The highest BCUT2D eigenvalue weighted by Gasteiger charge is 2.34. The second kappa shape index (κ2) is 14.5. The van der Waals surface area contributed by atoms with Crippen LogP contribution in [0.4, 0.5) is 17.1 Å². The predicted molar refractivity (Wildman–Crippen MR) is 184 cm³/mol. The first-order valence-electron chi connectivity index (χ1n) is 16.3. The summed E-state index contributed by atoms with van der Waals surface area (Å²) in [6, 6.07) is 29.3. The number of aromatic nitrogens is 2. The number of aliphatic hydroxyl groups is 1. The fourth-order valence-electron chi connectivity index (χ4n) is 6.28. The van der Waals surface area contributed by atoms with Crippen LogP contribution in [0.25, 0.3) is 11.0 Å². The third kappa shape index (κ3) is 7.58. The van der Waals surface area contributed by atoms with Gasteiger partial charge >= 0.3 is 0 Å². The second-order valence-electron chi connectivity index (χ2n) is 12.2. The van der Waals surface area contributed by atoms with Crippen LogP contribution in [0.2, 0.25) is 0 Å². The molecule has 12 heteroatoms. The third-order valence-electron chi connectivity index (χ3n) is 9.00. The van der Waals surface area contributed by atoms with Crippen molar-refractivity contribution >= 4 is 34.0 Å². The number of fused-ring (bicyclic) bond motifs is 1. The minimum atomic E-state index is -0.626. The number of para-hydroxylation sites is 2. The van der Waals surface area contributed by atoms with Crippen molar-refractivity contribution in [3.63, 3.8) is 0 Å². The first kappa shape index (κ1) is 32.3. The van der Waals surface area contributed by atoms with Crippen molar-refractivity contribution in [1.29, 1.82) is 0 Å². The quantitative estimate of drug-likeness (QED) is 0.150. The minimum Gasteiger partial charge on any atom is -0.392 e. The maximum absolute atomic E-state index is 13.0. The van der Waals surface area contributed by atoms with Crippen LogP contribution in [0, 0.1) is 10.1 Å². The lowest BCUT2D eigenvalue weighted by molar-refractivity contribution is -0.384. The molecule has 3 unspecified atom stereocenters. The highest BCUT2D eigenvalue weighted by atomic mass is 16.7. The number of hydrogen-bond acceptors (Lipinski definition) is 10. The number of nitro benzene ring substituents is 1. The van der Waals surface area contributed by atoms with Gasteiger partial charge in [-0.05, 0) is 47.5 Å². The average Bonchev–Trinajstić information content (AvgIpc) is 3.15. The Morgan fingerprint density at radius 1 is 0.878 bits per heavy atom. The van der Waals surface area contributed by atoms with E-state index in [1.54, 1.807) is 24.3 Å². The topological polar surface area (TPSA) is 143 Å². The number of hydrogen-bond donors (Lipinski definition) is 2. The molecule has 2 aliphatic heterocycles. The van der Waals surface area contributed by atoms with Crippen LogP contribution in [-0.2, 0) is 16.1 Å². The Morgan fingerprint density at radius 2 is 1.57 bits per heavy atom. The molecule has 2 aliphatic rings. The monoisotopic (exact) mass is 660 g/mol. The van der Waals surface area contributed by atoms with Crippen LogP contribution in [0.15, 0.2) is 103 Å². The van der Waals surface area contributed by atoms with E-state index in [9.17, 15) is 20.0 Å². The molecule has 250 valence electrons. The molecule has 12 nitrogen and oxygen atoms in total. The van der Waals surface area contributed by atoms with E-state index in [0.29, 0.717) is 17.6 Å². The predicted octanol–water partition coefficient (Wildman–Crippen LogP) is 5.65. The summed E-state index contributed by atoms with van der Waals surface area (Å²) >= 11 is 0. The molecule has 0 bridgehead atoms. The number of piperazine rings is 1. The Balaban J connectivity index is 1.02. The number of non-ortho nitro benzene ring substituents is 1. The summed E-state index contributed by atoms with van der Waals surface area (Å²) in [6.45, 7) is 3.95. The fraction of sp³-hybridized carbons (Fsp3) is 0.270. The zero-order chi connectivity index (χ0) is 33.7. The number of amides is 1. The molecule has 2 N–H and O–H groups in total. The summed E-state index contributed by atoms with van der Waals surface area (Å²) < 4.78 is 13.1. The highest BCUT2D eigenvalue weighted by Crippen LogP contribution is 2.38. The van der Waals surface area contributed by atoms with Gasteiger partial charge in [0, 0.05) is 68.2 Å². The van der Waals surface area contributed by atoms with Crippen molar-refractivity contribution in [1.82, 2.24) is 14.9 Å². The molecule has 1 aromatic heterocycles. The van der Waals surface area contributed by atoms with E-state index >= 15 is 0 Å². The van der Waals surface area contributed by atoms with Crippen LogP contribution in [0.5, 0.6) is 0 Å². The van der Waals surface area contributed by atoms with Gasteiger partial charge < -0.3 is 24.8 Å². The van der Waals surface area contributed by atoms with Gasteiger partial charge in [-0.25, -0.2) is 4.98 Å². The number of rotatable bonds is 9. The molecule has 0 radical (unpaired) electrons. The first-order valence-corrected chi connectivity index (χ1v) is 16.3. The van der Waals surface area contributed by atoms with E-state index < -0.39 is 6.29 Å². The summed E-state index contributed by atoms with van der Waals surface area (Å²) in [7, 11) is 0. The lowest BCUT2D eigenvalue weighted by Crippen LogP contribution is -2.49. The molecular formula is C37H36N6O6. The Hall–Kier alpha value is -5.27. The van der Waals surface area contributed by atoms with E-state index in [1.807, 2.05) is 72.8 Å². The first-order chi connectivity index (χ1) is 23.9. The van der Waals surface area contributed by atoms with Crippen molar-refractivity contribution in [2.24, 2.45) is 0 Å².